The summed E-state index contributed by atoms with van der Waals surface area (Å²) in [6.45, 7) is 0.912. The lowest BCUT2D eigenvalue weighted by Crippen LogP contribution is -2.35. The lowest BCUT2D eigenvalue weighted by molar-refractivity contribution is -0.118. The van der Waals surface area contributed by atoms with E-state index in [4.69, 9.17) is 25.8 Å². The van der Waals surface area contributed by atoms with Crippen LogP contribution in [0.15, 0.2) is 29.2 Å². The average molecular weight is 484 g/mol. The van der Waals surface area contributed by atoms with Gasteiger partial charge in [-0.15, -0.1) is 0 Å². The average Bonchev–Trinajstić information content (AvgIpc) is 2.73. The molecule has 1 heterocycles. The largest absolute Gasteiger partial charge is 0.495 e. The van der Waals surface area contributed by atoms with Crippen LogP contribution in [0.2, 0.25) is 5.02 Å². The highest BCUT2D eigenvalue weighted by atomic mass is 35.5. The Kier molecular flexibility index (Phi) is 6.82. The van der Waals surface area contributed by atoms with E-state index in [1.165, 1.54) is 45.5 Å². The van der Waals surface area contributed by atoms with Crippen LogP contribution in [0.4, 0.5) is 11.4 Å². The van der Waals surface area contributed by atoms with Crippen molar-refractivity contribution in [2.24, 2.45) is 0 Å². The summed E-state index contributed by atoms with van der Waals surface area (Å²) in [6, 6.07) is 5.80. The fourth-order valence-electron chi connectivity index (χ4n) is 3.10. The van der Waals surface area contributed by atoms with Crippen molar-refractivity contribution < 1.29 is 32.2 Å². The van der Waals surface area contributed by atoms with Crippen molar-refractivity contribution in [2.75, 3.05) is 45.1 Å². The molecule has 0 aliphatic carbocycles. The summed E-state index contributed by atoms with van der Waals surface area (Å²) >= 11 is 6.11. The predicted molar refractivity (Wildman–Crippen MR) is 118 cm³/mol. The van der Waals surface area contributed by atoms with Gasteiger partial charge in [-0.3, -0.25) is 9.59 Å². The molecular weight excluding hydrogens is 462 g/mol. The zero-order valence-corrected chi connectivity index (χ0v) is 19.4. The molecule has 2 amide bonds. The number of aryl methyl sites for hydroxylation is 1. The van der Waals surface area contributed by atoms with Gasteiger partial charge in [-0.2, -0.15) is 4.31 Å². The monoisotopic (exact) mass is 483 g/mol. The summed E-state index contributed by atoms with van der Waals surface area (Å²) in [7, 11) is 0.110. The van der Waals surface area contributed by atoms with Crippen LogP contribution in [-0.2, 0) is 19.6 Å². The molecule has 1 aliphatic rings. The van der Waals surface area contributed by atoms with E-state index in [2.05, 4.69) is 10.6 Å². The zero-order valence-electron chi connectivity index (χ0n) is 17.8. The number of methoxy groups -OCH3 is 2. The maximum atomic E-state index is 13.1. The number of anilines is 2. The maximum absolute atomic E-state index is 13.1. The highest BCUT2D eigenvalue weighted by Gasteiger charge is 2.28. The van der Waals surface area contributed by atoms with Gasteiger partial charge < -0.3 is 24.8 Å². The van der Waals surface area contributed by atoms with Crippen LogP contribution in [0, 0.1) is 6.92 Å². The third kappa shape index (κ3) is 4.74. The number of halogens is 1. The minimum atomic E-state index is -4.04. The van der Waals surface area contributed by atoms with Crippen molar-refractivity contribution in [1.29, 1.82) is 0 Å². The number of nitrogens with zero attached hydrogens (tertiary/aromatic N) is 1. The summed E-state index contributed by atoms with van der Waals surface area (Å²) < 4.78 is 42.8. The molecule has 3 rings (SSSR count). The number of likely N-dealkylation sites (N-methyl/N-ethyl adjacent to an activating group) is 1. The molecule has 1 aliphatic heterocycles. The first kappa shape index (κ1) is 23.6. The highest BCUT2D eigenvalue weighted by Crippen LogP contribution is 2.36. The Balaban J connectivity index is 1.80. The Bertz CT molecular complexity index is 1180. The molecule has 0 bridgehead atoms. The van der Waals surface area contributed by atoms with Gasteiger partial charge in [-0.05, 0) is 24.6 Å². The third-order valence-corrected chi connectivity index (χ3v) is 6.95. The van der Waals surface area contributed by atoms with E-state index >= 15 is 0 Å². The van der Waals surface area contributed by atoms with Crippen LogP contribution in [0.5, 0.6) is 17.2 Å². The molecular formula is C20H22ClN3O7S. The summed E-state index contributed by atoms with van der Waals surface area (Å²) in [4.78, 5) is 24.0. The van der Waals surface area contributed by atoms with Crippen LogP contribution in [0.25, 0.3) is 0 Å². The van der Waals surface area contributed by atoms with Crippen molar-refractivity contribution in [3.63, 3.8) is 0 Å². The van der Waals surface area contributed by atoms with E-state index in [0.717, 1.165) is 4.31 Å². The molecule has 2 aromatic carbocycles. The second-order valence-corrected chi connectivity index (χ2v) is 9.37. The van der Waals surface area contributed by atoms with Gasteiger partial charge in [0.05, 0.1) is 42.1 Å². The van der Waals surface area contributed by atoms with E-state index < -0.39 is 22.5 Å². The summed E-state index contributed by atoms with van der Waals surface area (Å²) in [5, 5.41) is 5.47. The number of rotatable bonds is 7. The number of hydrogen-bond acceptors (Lipinski definition) is 7. The fraction of sp³-hybridized carbons (Fsp3) is 0.300. The number of nitrogens with one attached hydrogen (secondary N) is 2. The number of carbonyl (C=O) groups is 2. The van der Waals surface area contributed by atoms with Gasteiger partial charge in [0.15, 0.2) is 6.61 Å². The first-order chi connectivity index (χ1) is 15.1. The Morgan fingerprint density at radius 3 is 2.56 bits per heavy atom. The molecule has 2 N–H and O–H groups in total. The fourth-order valence-corrected chi connectivity index (χ4v) is 4.68. The topological polar surface area (TPSA) is 123 Å². The number of benzene rings is 2. The van der Waals surface area contributed by atoms with Gasteiger partial charge in [0.1, 0.15) is 17.2 Å². The van der Waals surface area contributed by atoms with Gasteiger partial charge in [0, 0.05) is 19.2 Å². The van der Waals surface area contributed by atoms with Gasteiger partial charge in [0.2, 0.25) is 15.9 Å². The predicted octanol–water partition coefficient (Wildman–Crippen LogP) is 2.26. The number of carbonyl (C=O) groups excluding carboxylic acids is 2. The van der Waals surface area contributed by atoms with Crippen LogP contribution in [0.1, 0.15) is 5.56 Å². The first-order valence-electron chi connectivity index (χ1n) is 9.31. The SMILES string of the molecule is COc1cc(OC)c(NC(=O)CN(C)S(=O)(=O)c2cc3c(cc2C)NC(=O)CO3)cc1Cl. The Labute approximate surface area is 190 Å². The normalized spacial score (nSPS) is 13.1. The Morgan fingerprint density at radius 2 is 1.91 bits per heavy atom. The quantitative estimate of drug-likeness (QED) is 0.619. The highest BCUT2D eigenvalue weighted by molar-refractivity contribution is 7.89. The number of ether oxygens (including phenoxy) is 3. The van der Waals surface area contributed by atoms with Gasteiger partial charge >= 0.3 is 0 Å². The number of hydrogen-bond donors (Lipinski definition) is 2. The molecule has 10 nitrogen and oxygen atoms in total. The number of amides is 2. The first-order valence-corrected chi connectivity index (χ1v) is 11.1. The second-order valence-electron chi connectivity index (χ2n) is 6.95. The molecule has 0 spiro atoms. The molecule has 0 saturated carbocycles. The van der Waals surface area contributed by atoms with Crippen molar-refractivity contribution in [3.05, 3.63) is 34.9 Å². The summed E-state index contributed by atoms with van der Waals surface area (Å²) in [5.74, 6) is -0.0216. The van der Waals surface area contributed by atoms with Crippen molar-refractivity contribution in [1.82, 2.24) is 4.31 Å². The van der Waals surface area contributed by atoms with Gasteiger partial charge in [0.25, 0.3) is 5.91 Å². The molecule has 0 atom stereocenters. The molecule has 172 valence electrons. The smallest absolute Gasteiger partial charge is 0.262 e. The van der Waals surface area contributed by atoms with Crippen LogP contribution in [-0.4, -0.2) is 59.0 Å². The Hall–Kier alpha value is -3.02. The zero-order chi connectivity index (χ0) is 23.6. The summed E-state index contributed by atoms with van der Waals surface area (Å²) in [5.41, 5.74) is 1.05. The van der Waals surface area contributed by atoms with Crippen molar-refractivity contribution in [3.8, 4) is 17.2 Å². The van der Waals surface area contributed by atoms with Crippen molar-refractivity contribution >= 4 is 44.8 Å². The molecule has 0 radical (unpaired) electrons. The summed E-state index contributed by atoms with van der Waals surface area (Å²) in [6.07, 6.45) is 0. The minimum Gasteiger partial charge on any atom is -0.495 e. The molecule has 2 aromatic rings. The third-order valence-electron chi connectivity index (χ3n) is 4.71. The van der Waals surface area contributed by atoms with Crippen LogP contribution >= 0.6 is 11.6 Å². The molecule has 0 unspecified atom stereocenters. The van der Waals surface area contributed by atoms with Gasteiger partial charge in [-0.1, -0.05) is 11.6 Å². The maximum Gasteiger partial charge on any atom is 0.262 e. The van der Waals surface area contributed by atoms with E-state index in [0.29, 0.717) is 22.7 Å². The lowest BCUT2D eigenvalue weighted by Gasteiger charge is -2.22. The Morgan fingerprint density at radius 1 is 1.22 bits per heavy atom. The second kappa shape index (κ2) is 9.23. The molecule has 12 heteroatoms. The number of fused-ring (bicyclic) bond motifs is 1. The van der Waals surface area contributed by atoms with E-state index in [-0.39, 0.29) is 33.9 Å². The van der Waals surface area contributed by atoms with Crippen molar-refractivity contribution in [2.45, 2.75) is 11.8 Å². The molecule has 0 aromatic heterocycles. The number of sulfonamides is 1. The standard InChI is InChI=1S/C20H22ClN3O7S/c1-11-5-13-17(31-10-20(26)23-13)8-18(11)32(27,28)24(2)9-19(25)22-14-6-12(21)15(29-3)7-16(14)30-4/h5-8H,9-10H2,1-4H3,(H,22,25)(H,23,26). The van der Waals surface area contributed by atoms with E-state index in [1.807, 2.05) is 0 Å². The van der Waals surface area contributed by atoms with E-state index in [1.54, 1.807) is 6.92 Å². The van der Waals surface area contributed by atoms with Crippen LogP contribution < -0.4 is 24.8 Å². The lowest BCUT2D eigenvalue weighted by atomic mass is 10.2. The molecule has 0 fully saturated rings. The van der Waals surface area contributed by atoms with E-state index in [9.17, 15) is 18.0 Å². The molecule has 32 heavy (non-hydrogen) atoms. The molecule has 0 saturated heterocycles. The minimum absolute atomic E-state index is 0.0345. The van der Waals surface area contributed by atoms with Gasteiger partial charge in [-0.25, -0.2) is 8.42 Å². The van der Waals surface area contributed by atoms with Crippen LogP contribution in [0.3, 0.4) is 0 Å².